The summed E-state index contributed by atoms with van der Waals surface area (Å²) in [5.41, 5.74) is 6.50. The summed E-state index contributed by atoms with van der Waals surface area (Å²) in [5.74, 6) is 0. The van der Waals surface area contributed by atoms with Crippen molar-refractivity contribution < 1.29 is 4.21 Å². The topological polar surface area (TPSA) is 55.1 Å². The number of hydrogen-bond acceptors (Lipinski definition) is 2. The van der Waals surface area contributed by atoms with Crippen molar-refractivity contribution >= 4 is 11.0 Å². The van der Waals surface area contributed by atoms with Crippen LogP contribution in [0.2, 0.25) is 0 Å². The number of hydrogen-bond donors (Lipinski definition) is 2. The predicted molar refractivity (Wildman–Crippen MR) is 54.4 cm³/mol. The molecule has 0 heterocycles. The molecular weight excluding hydrogens is 184 g/mol. The summed E-state index contributed by atoms with van der Waals surface area (Å²) in [4.78, 5) is 0.791. The standard InChI is InChI=1S/C9H14N2OS/c1-2-11-13(12)9-5-3-8(7-10)4-6-9/h3-6,11H,2,7,10H2,1H3. The van der Waals surface area contributed by atoms with Gasteiger partial charge in [-0.2, -0.15) is 0 Å². The quantitative estimate of drug-likeness (QED) is 0.751. The van der Waals surface area contributed by atoms with Crippen LogP contribution in [0.5, 0.6) is 0 Å². The molecule has 0 bridgehead atoms. The average molecular weight is 198 g/mol. The highest BCUT2D eigenvalue weighted by Crippen LogP contribution is 2.06. The minimum atomic E-state index is -1.08. The van der Waals surface area contributed by atoms with E-state index in [0.29, 0.717) is 13.1 Å². The first-order valence-electron chi connectivity index (χ1n) is 4.22. The Morgan fingerprint density at radius 3 is 2.46 bits per heavy atom. The molecule has 0 radical (unpaired) electrons. The molecule has 1 atom stereocenters. The molecule has 1 aromatic carbocycles. The Morgan fingerprint density at radius 2 is 2.00 bits per heavy atom. The van der Waals surface area contributed by atoms with Crippen molar-refractivity contribution in [3.05, 3.63) is 29.8 Å². The van der Waals surface area contributed by atoms with Gasteiger partial charge in [0, 0.05) is 13.1 Å². The van der Waals surface area contributed by atoms with Gasteiger partial charge < -0.3 is 5.73 Å². The van der Waals surface area contributed by atoms with E-state index in [9.17, 15) is 4.21 Å². The van der Waals surface area contributed by atoms with Crippen LogP contribution in [0.25, 0.3) is 0 Å². The van der Waals surface area contributed by atoms with Gasteiger partial charge in [0.25, 0.3) is 0 Å². The number of benzene rings is 1. The number of rotatable bonds is 4. The maximum atomic E-state index is 11.4. The number of nitrogens with one attached hydrogen (secondary N) is 1. The minimum absolute atomic E-state index is 0.522. The zero-order valence-corrected chi connectivity index (χ0v) is 8.43. The lowest BCUT2D eigenvalue weighted by Crippen LogP contribution is -2.16. The Hall–Kier alpha value is -0.710. The second-order valence-electron chi connectivity index (χ2n) is 2.61. The first kappa shape index (κ1) is 10.4. The molecule has 13 heavy (non-hydrogen) atoms. The molecule has 0 fully saturated rings. The first-order valence-corrected chi connectivity index (χ1v) is 5.37. The minimum Gasteiger partial charge on any atom is -0.326 e. The summed E-state index contributed by atoms with van der Waals surface area (Å²) < 4.78 is 14.3. The van der Waals surface area contributed by atoms with Crippen molar-refractivity contribution in [3.63, 3.8) is 0 Å². The summed E-state index contributed by atoms with van der Waals surface area (Å²) in [6.45, 7) is 3.14. The highest BCUT2D eigenvalue weighted by Gasteiger charge is 2.00. The Labute approximate surface area is 80.9 Å². The van der Waals surface area contributed by atoms with Crippen molar-refractivity contribution in [3.8, 4) is 0 Å². The molecule has 72 valence electrons. The van der Waals surface area contributed by atoms with Crippen molar-refractivity contribution in [2.24, 2.45) is 5.73 Å². The SMILES string of the molecule is CCNS(=O)c1ccc(CN)cc1. The second kappa shape index (κ2) is 5.11. The van der Waals surface area contributed by atoms with Gasteiger partial charge in [0.1, 0.15) is 11.0 Å². The Balaban J connectivity index is 2.74. The Kier molecular flexibility index (Phi) is 4.08. The molecule has 0 saturated carbocycles. The van der Waals surface area contributed by atoms with E-state index < -0.39 is 11.0 Å². The van der Waals surface area contributed by atoms with Crippen LogP contribution >= 0.6 is 0 Å². The zero-order valence-electron chi connectivity index (χ0n) is 7.62. The molecule has 1 unspecified atom stereocenters. The van der Waals surface area contributed by atoms with Gasteiger partial charge >= 0.3 is 0 Å². The fourth-order valence-electron chi connectivity index (χ4n) is 0.964. The van der Waals surface area contributed by atoms with Gasteiger partial charge in [-0.1, -0.05) is 19.1 Å². The van der Waals surface area contributed by atoms with E-state index in [1.807, 2.05) is 31.2 Å². The third kappa shape index (κ3) is 2.91. The highest BCUT2D eigenvalue weighted by molar-refractivity contribution is 7.83. The van der Waals surface area contributed by atoms with E-state index in [0.717, 1.165) is 10.5 Å². The van der Waals surface area contributed by atoms with Gasteiger partial charge in [0.05, 0.1) is 4.90 Å². The molecule has 3 nitrogen and oxygen atoms in total. The van der Waals surface area contributed by atoms with Gasteiger partial charge in [-0.15, -0.1) is 0 Å². The van der Waals surface area contributed by atoms with E-state index >= 15 is 0 Å². The van der Waals surface area contributed by atoms with Crippen LogP contribution in [0.1, 0.15) is 12.5 Å². The van der Waals surface area contributed by atoms with E-state index in [1.54, 1.807) is 0 Å². The van der Waals surface area contributed by atoms with Crippen molar-refractivity contribution in [1.82, 2.24) is 4.72 Å². The summed E-state index contributed by atoms with van der Waals surface area (Å²) in [6, 6.07) is 7.46. The van der Waals surface area contributed by atoms with Gasteiger partial charge in [-0.3, -0.25) is 0 Å². The van der Waals surface area contributed by atoms with Gasteiger partial charge in [0.15, 0.2) is 0 Å². The van der Waals surface area contributed by atoms with Crippen molar-refractivity contribution in [2.45, 2.75) is 18.4 Å². The van der Waals surface area contributed by atoms with Crippen molar-refractivity contribution in [1.29, 1.82) is 0 Å². The average Bonchev–Trinajstić information content (AvgIpc) is 2.18. The van der Waals surface area contributed by atoms with Crippen LogP contribution in [-0.4, -0.2) is 10.8 Å². The summed E-state index contributed by atoms with van der Waals surface area (Å²) in [6.07, 6.45) is 0. The van der Waals surface area contributed by atoms with Crippen LogP contribution in [-0.2, 0) is 17.5 Å². The normalized spacial score (nSPS) is 12.8. The molecule has 0 aliphatic rings. The lowest BCUT2D eigenvalue weighted by molar-refractivity contribution is 0.674. The molecular formula is C9H14N2OS. The lowest BCUT2D eigenvalue weighted by atomic mass is 10.2. The van der Waals surface area contributed by atoms with E-state index in [4.69, 9.17) is 5.73 Å². The monoisotopic (exact) mass is 198 g/mol. The first-order chi connectivity index (χ1) is 6.27. The maximum Gasteiger partial charge on any atom is 0.124 e. The van der Waals surface area contributed by atoms with E-state index in [1.165, 1.54) is 0 Å². The molecule has 1 rings (SSSR count). The second-order valence-corrected chi connectivity index (χ2v) is 3.91. The molecule has 1 aromatic rings. The fraction of sp³-hybridized carbons (Fsp3) is 0.333. The zero-order chi connectivity index (χ0) is 9.68. The predicted octanol–water partition coefficient (Wildman–Crippen LogP) is 0.777. The van der Waals surface area contributed by atoms with Crippen molar-refractivity contribution in [2.75, 3.05) is 6.54 Å². The number of nitrogens with two attached hydrogens (primary N) is 1. The molecule has 0 spiro atoms. The summed E-state index contributed by atoms with van der Waals surface area (Å²) in [7, 11) is -1.08. The molecule has 0 aliphatic heterocycles. The molecule has 0 aliphatic carbocycles. The van der Waals surface area contributed by atoms with Gasteiger partial charge in [-0.25, -0.2) is 8.93 Å². The van der Waals surface area contributed by atoms with Crippen LogP contribution in [0.4, 0.5) is 0 Å². The summed E-state index contributed by atoms with van der Waals surface area (Å²) in [5, 5.41) is 0. The molecule has 0 amide bonds. The maximum absolute atomic E-state index is 11.4. The smallest absolute Gasteiger partial charge is 0.124 e. The lowest BCUT2D eigenvalue weighted by Gasteiger charge is -2.02. The third-order valence-corrected chi connectivity index (χ3v) is 2.90. The Bertz CT molecular complexity index is 284. The van der Waals surface area contributed by atoms with Gasteiger partial charge in [-0.05, 0) is 17.7 Å². The molecule has 0 saturated heterocycles. The van der Waals surface area contributed by atoms with Crippen LogP contribution in [0.3, 0.4) is 0 Å². The third-order valence-electron chi connectivity index (χ3n) is 1.65. The fourth-order valence-corrected chi connectivity index (χ4v) is 1.78. The van der Waals surface area contributed by atoms with Crippen LogP contribution in [0, 0.1) is 0 Å². The van der Waals surface area contributed by atoms with E-state index in [2.05, 4.69) is 4.72 Å². The summed E-state index contributed by atoms with van der Waals surface area (Å²) >= 11 is 0. The van der Waals surface area contributed by atoms with Gasteiger partial charge in [0.2, 0.25) is 0 Å². The highest BCUT2D eigenvalue weighted by atomic mass is 32.2. The van der Waals surface area contributed by atoms with Crippen LogP contribution in [0.15, 0.2) is 29.2 Å². The molecule has 4 heteroatoms. The van der Waals surface area contributed by atoms with Crippen LogP contribution < -0.4 is 10.5 Å². The largest absolute Gasteiger partial charge is 0.326 e. The van der Waals surface area contributed by atoms with E-state index in [-0.39, 0.29) is 0 Å². The Morgan fingerprint density at radius 1 is 1.38 bits per heavy atom. The molecule has 3 N–H and O–H groups in total. The molecule has 0 aromatic heterocycles.